The number of benzene rings is 2. The van der Waals surface area contributed by atoms with Crippen LogP contribution in [0.15, 0.2) is 61.1 Å². The largest absolute Gasteiger partial charge is 0.465 e. The van der Waals surface area contributed by atoms with Crippen LogP contribution < -0.4 is 5.73 Å². The summed E-state index contributed by atoms with van der Waals surface area (Å²) in [6.07, 6.45) is 9.05. The van der Waals surface area contributed by atoms with Crippen molar-refractivity contribution in [2.45, 2.75) is 39.0 Å². The lowest BCUT2D eigenvalue weighted by Crippen LogP contribution is -2.09. The van der Waals surface area contributed by atoms with Crippen LogP contribution in [0.2, 0.25) is 0 Å². The SMILES string of the molecule is COC(=O)c1cc(C2CC2)cnc1Cc1cc(C)c2c(ccn2C)c1.Cc1cc(N)cc2ccn(C)c12. The number of aromatic nitrogens is 3. The number of carbonyl (C=O) groups is 1. The molecule has 190 valence electrons. The molecule has 0 radical (unpaired) electrons. The van der Waals surface area contributed by atoms with E-state index in [-0.39, 0.29) is 5.97 Å². The minimum atomic E-state index is -0.303. The van der Waals surface area contributed by atoms with Crippen molar-refractivity contribution < 1.29 is 9.53 Å². The summed E-state index contributed by atoms with van der Waals surface area (Å²) in [5.74, 6) is 0.260. The normalized spacial score (nSPS) is 13.0. The Morgan fingerprint density at radius 1 is 0.973 bits per heavy atom. The van der Waals surface area contributed by atoms with Crippen LogP contribution in [0, 0.1) is 13.8 Å². The van der Waals surface area contributed by atoms with E-state index in [1.807, 2.05) is 31.4 Å². The maximum Gasteiger partial charge on any atom is 0.339 e. The fourth-order valence-corrected chi connectivity index (χ4v) is 5.34. The third-order valence-corrected chi connectivity index (χ3v) is 7.22. The van der Waals surface area contributed by atoms with E-state index in [1.165, 1.54) is 52.9 Å². The van der Waals surface area contributed by atoms with Crippen LogP contribution in [0.4, 0.5) is 5.69 Å². The van der Waals surface area contributed by atoms with Gasteiger partial charge in [-0.2, -0.15) is 0 Å². The number of aryl methyl sites for hydroxylation is 4. The average molecular weight is 495 g/mol. The van der Waals surface area contributed by atoms with E-state index in [4.69, 9.17) is 10.5 Å². The van der Waals surface area contributed by atoms with Gasteiger partial charge >= 0.3 is 5.97 Å². The minimum Gasteiger partial charge on any atom is -0.465 e. The predicted molar refractivity (Wildman–Crippen MR) is 150 cm³/mol. The molecule has 0 saturated heterocycles. The van der Waals surface area contributed by atoms with E-state index in [2.05, 4.69) is 71.7 Å². The van der Waals surface area contributed by atoms with Crippen molar-refractivity contribution in [3.05, 3.63) is 94.6 Å². The van der Waals surface area contributed by atoms with E-state index in [1.54, 1.807) is 0 Å². The molecule has 0 spiro atoms. The Labute approximate surface area is 217 Å². The van der Waals surface area contributed by atoms with Gasteiger partial charge in [0, 0.05) is 55.6 Å². The zero-order valence-electron chi connectivity index (χ0n) is 22.2. The molecule has 6 heteroatoms. The number of methoxy groups -OCH3 is 1. The maximum atomic E-state index is 12.2. The smallest absolute Gasteiger partial charge is 0.339 e. The van der Waals surface area contributed by atoms with Gasteiger partial charge in [-0.3, -0.25) is 4.98 Å². The number of hydrogen-bond donors (Lipinski definition) is 1. The first kappa shape index (κ1) is 24.6. The van der Waals surface area contributed by atoms with Crippen molar-refractivity contribution in [1.29, 1.82) is 0 Å². The molecule has 3 aromatic heterocycles. The molecule has 37 heavy (non-hydrogen) atoms. The summed E-state index contributed by atoms with van der Waals surface area (Å²) in [6.45, 7) is 4.20. The Morgan fingerprint density at radius 3 is 2.22 bits per heavy atom. The second-order valence-electron chi connectivity index (χ2n) is 10.2. The van der Waals surface area contributed by atoms with Crippen LogP contribution in [0.25, 0.3) is 21.8 Å². The van der Waals surface area contributed by atoms with Gasteiger partial charge in [-0.15, -0.1) is 0 Å². The Hall–Kier alpha value is -4.06. The highest BCUT2D eigenvalue weighted by Gasteiger charge is 2.26. The first-order valence-electron chi connectivity index (χ1n) is 12.7. The van der Waals surface area contributed by atoms with Crippen molar-refractivity contribution in [3.8, 4) is 0 Å². The summed E-state index contributed by atoms with van der Waals surface area (Å²) in [5, 5.41) is 2.43. The number of pyridine rings is 1. The zero-order valence-corrected chi connectivity index (χ0v) is 22.2. The lowest BCUT2D eigenvalue weighted by Gasteiger charge is -2.11. The average Bonchev–Trinajstić information content (AvgIpc) is 3.55. The van der Waals surface area contributed by atoms with Gasteiger partial charge < -0.3 is 19.6 Å². The number of nitrogens with zero attached hydrogens (tertiary/aromatic N) is 3. The fraction of sp³-hybridized carbons (Fsp3) is 0.290. The quantitative estimate of drug-likeness (QED) is 0.238. The molecule has 2 N–H and O–H groups in total. The fourth-order valence-electron chi connectivity index (χ4n) is 5.34. The Bertz CT molecular complexity index is 1620. The van der Waals surface area contributed by atoms with Gasteiger partial charge in [-0.05, 0) is 91.3 Å². The number of carbonyl (C=O) groups excluding carboxylic acids is 1. The third kappa shape index (κ3) is 4.96. The number of esters is 1. The van der Waals surface area contributed by atoms with Crippen LogP contribution in [0.5, 0.6) is 0 Å². The van der Waals surface area contributed by atoms with E-state index >= 15 is 0 Å². The van der Waals surface area contributed by atoms with E-state index in [0.717, 1.165) is 22.5 Å². The van der Waals surface area contributed by atoms with Crippen molar-refractivity contribution in [1.82, 2.24) is 14.1 Å². The van der Waals surface area contributed by atoms with Gasteiger partial charge in [-0.25, -0.2) is 4.79 Å². The summed E-state index contributed by atoms with van der Waals surface area (Å²) in [7, 11) is 5.53. The molecular formula is C31H34N4O2. The number of hydrogen-bond acceptors (Lipinski definition) is 4. The second kappa shape index (κ2) is 9.77. The van der Waals surface area contributed by atoms with E-state index in [0.29, 0.717) is 17.9 Å². The Balaban J connectivity index is 0.000000195. The first-order chi connectivity index (χ1) is 17.7. The minimum absolute atomic E-state index is 0.303. The van der Waals surface area contributed by atoms with Gasteiger partial charge in [0.05, 0.1) is 29.4 Å². The van der Waals surface area contributed by atoms with E-state index < -0.39 is 0 Å². The van der Waals surface area contributed by atoms with Gasteiger partial charge in [0.25, 0.3) is 0 Å². The molecule has 1 saturated carbocycles. The van der Waals surface area contributed by atoms with E-state index in [9.17, 15) is 4.79 Å². The molecule has 1 aliphatic rings. The monoisotopic (exact) mass is 494 g/mol. The molecule has 0 amide bonds. The van der Waals surface area contributed by atoms with Crippen molar-refractivity contribution in [3.63, 3.8) is 0 Å². The van der Waals surface area contributed by atoms with Crippen LogP contribution in [0.3, 0.4) is 0 Å². The lowest BCUT2D eigenvalue weighted by molar-refractivity contribution is 0.0599. The molecule has 1 aliphatic carbocycles. The summed E-state index contributed by atoms with van der Waals surface area (Å²) in [5.41, 5.74) is 15.2. The topological polar surface area (TPSA) is 75.1 Å². The maximum absolute atomic E-state index is 12.2. The Kier molecular flexibility index (Phi) is 6.50. The number of ether oxygens (including phenoxy) is 1. The number of nitrogens with two attached hydrogens (primary N) is 1. The van der Waals surface area contributed by atoms with Crippen molar-refractivity contribution in [2.75, 3.05) is 12.8 Å². The molecule has 6 nitrogen and oxygen atoms in total. The lowest BCUT2D eigenvalue weighted by atomic mass is 9.99. The highest BCUT2D eigenvalue weighted by Crippen LogP contribution is 2.40. The van der Waals surface area contributed by atoms with Crippen LogP contribution in [0.1, 0.15) is 57.1 Å². The molecule has 0 unspecified atom stereocenters. The van der Waals surface area contributed by atoms with Gasteiger partial charge in [0.1, 0.15) is 0 Å². The molecule has 0 atom stereocenters. The first-order valence-corrected chi connectivity index (χ1v) is 12.7. The summed E-state index contributed by atoms with van der Waals surface area (Å²) < 4.78 is 9.24. The van der Waals surface area contributed by atoms with Gasteiger partial charge in [0.15, 0.2) is 0 Å². The van der Waals surface area contributed by atoms with Crippen molar-refractivity contribution >= 4 is 33.5 Å². The number of rotatable bonds is 4. The number of anilines is 1. The van der Waals surface area contributed by atoms with Crippen LogP contribution >= 0.6 is 0 Å². The number of fused-ring (bicyclic) bond motifs is 2. The van der Waals surface area contributed by atoms with Crippen LogP contribution in [-0.4, -0.2) is 27.2 Å². The summed E-state index contributed by atoms with van der Waals surface area (Å²) in [4.78, 5) is 16.8. The van der Waals surface area contributed by atoms with Gasteiger partial charge in [-0.1, -0.05) is 6.07 Å². The number of nitrogen functional groups attached to an aromatic ring is 1. The second-order valence-corrected chi connectivity index (χ2v) is 10.2. The molecule has 6 rings (SSSR count). The Morgan fingerprint density at radius 2 is 1.59 bits per heavy atom. The highest BCUT2D eigenvalue weighted by atomic mass is 16.5. The molecule has 3 heterocycles. The molecule has 0 aliphatic heterocycles. The predicted octanol–water partition coefficient (Wildman–Crippen LogP) is 6.21. The zero-order chi connectivity index (χ0) is 26.3. The third-order valence-electron chi connectivity index (χ3n) is 7.22. The summed E-state index contributed by atoms with van der Waals surface area (Å²) >= 11 is 0. The standard InChI is InChI=1S/C21H22N2O2.C10H12N2/c1-13-8-14(9-16-6-7-23(2)20(13)16)10-19-18(21(24)25-3)11-17(12-22-19)15-4-5-15;1-7-5-9(11)6-8-3-4-12(2)10(7)8/h6-9,11-12,15H,4-5,10H2,1-3H3;3-6H,11H2,1-2H3. The van der Waals surface area contributed by atoms with Crippen LogP contribution in [-0.2, 0) is 25.3 Å². The molecule has 5 aromatic rings. The molecule has 0 bridgehead atoms. The summed E-state index contributed by atoms with van der Waals surface area (Å²) in [6, 6.07) is 14.5. The molecular weight excluding hydrogens is 460 g/mol. The molecule has 2 aromatic carbocycles. The molecule has 1 fully saturated rings. The highest BCUT2D eigenvalue weighted by molar-refractivity contribution is 5.91. The van der Waals surface area contributed by atoms with Gasteiger partial charge in [0.2, 0.25) is 0 Å². The van der Waals surface area contributed by atoms with Crippen molar-refractivity contribution in [2.24, 2.45) is 14.1 Å².